The minimum Gasteiger partial charge on any atom is -0.463 e. The Kier molecular flexibility index (Phi) is 4.23. The topological polar surface area (TPSA) is 37.2 Å². The fourth-order valence-corrected chi connectivity index (χ4v) is 4.58. The van der Waals surface area contributed by atoms with E-state index in [1.54, 1.807) is 12.1 Å². The normalized spacial score (nSPS) is 21.0. The molecule has 30 heavy (non-hydrogen) atoms. The van der Waals surface area contributed by atoms with E-state index >= 15 is 0 Å². The van der Waals surface area contributed by atoms with Crippen LogP contribution in [-0.2, 0) is 5.41 Å². The number of halogens is 1. The predicted octanol–water partition coefficient (Wildman–Crippen LogP) is 7.28. The molecule has 1 spiro atoms. The summed E-state index contributed by atoms with van der Waals surface area (Å²) in [5, 5.41) is 9.34. The summed E-state index contributed by atoms with van der Waals surface area (Å²) in [5.74, 6) is 0.843. The summed E-state index contributed by atoms with van der Waals surface area (Å²) in [6, 6.07) is 21.7. The molecule has 2 aliphatic rings. The van der Waals surface area contributed by atoms with Crippen LogP contribution in [0.1, 0.15) is 25.0 Å². The Balaban J connectivity index is 1.47. The fraction of sp³-hybridized carbons (Fsp3) is 0.200. The molecule has 0 N–H and O–H groups in total. The van der Waals surface area contributed by atoms with E-state index in [1.807, 2.05) is 30.3 Å². The molecule has 3 aromatic carbocycles. The van der Waals surface area contributed by atoms with Crippen molar-refractivity contribution in [1.29, 1.82) is 0 Å². The van der Waals surface area contributed by atoms with Crippen LogP contribution in [0.15, 0.2) is 83.0 Å². The highest BCUT2D eigenvalue weighted by molar-refractivity contribution is 6.30. The van der Waals surface area contributed by atoms with Gasteiger partial charge in [0.2, 0.25) is 5.72 Å². The first-order chi connectivity index (χ1) is 14.4. The molecule has 0 bridgehead atoms. The molecule has 1 atom stereocenters. The number of ether oxygens (including phenoxy) is 1. The smallest absolute Gasteiger partial charge is 0.211 e. The lowest BCUT2D eigenvalue weighted by Gasteiger charge is -2.45. The zero-order valence-corrected chi connectivity index (χ0v) is 17.9. The molecule has 2 heterocycles. The van der Waals surface area contributed by atoms with E-state index in [0.29, 0.717) is 5.02 Å². The van der Waals surface area contributed by atoms with Crippen LogP contribution in [0.3, 0.4) is 0 Å². The average molecular weight is 416 g/mol. The number of likely N-dealkylation sites (N-methyl/N-ethyl adjacent to an activating group) is 1. The molecule has 0 saturated carbocycles. The van der Waals surface area contributed by atoms with Gasteiger partial charge < -0.3 is 9.64 Å². The Labute approximate surface area is 181 Å². The minimum atomic E-state index is -0.573. The van der Waals surface area contributed by atoms with Gasteiger partial charge in [0.1, 0.15) is 5.75 Å². The molecular weight excluding hydrogens is 394 g/mol. The lowest BCUT2D eigenvalue weighted by Crippen LogP contribution is -2.58. The summed E-state index contributed by atoms with van der Waals surface area (Å²) < 4.78 is 6.67. The number of nitrogens with zero attached hydrogens (tertiary/aromatic N) is 3. The maximum Gasteiger partial charge on any atom is 0.211 e. The van der Waals surface area contributed by atoms with Crippen molar-refractivity contribution in [1.82, 2.24) is 0 Å². The maximum absolute atomic E-state index is 6.67. The van der Waals surface area contributed by atoms with E-state index in [-0.39, 0.29) is 5.41 Å². The number of rotatable bonds is 2. The summed E-state index contributed by atoms with van der Waals surface area (Å²) in [6.07, 6.45) is 4.29. The van der Waals surface area contributed by atoms with Crippen molar-refractivity contribution < 1.29 is 4.74 Å². The van der Waals surface area contributed by atoms with Gasteiger partial charge in [-0.15, -0.1) is 0 Å². The molecular formula is C25H22ClN3O. The van der Waals surface area contributed by atoms with Crippen LogP contribution in [-0.4, -0.2) is 12.8 Å². The standard InChI is InChI=1S/C25H22ClN3O/c1-24(2)21-6-4-5-7-22(21)29(3)25(24)15-14-17-16-20(12-13-23(17)30-25)28-27-19-10-8-18(26)9-11-19/h4-16H,1-3H3. The van der Waals surface area contributed by atoms with Gasteiger partial charge >= 0.3 is 0 Å². The van der Waals surface area contributed by atoms with Crippen LogP contribution in [0, 0.1) is 0 Å². The van der Waals surface area contributed by atoms with Gasteiger partial charge in [-0.3, -0.25) is 0 Å². The summed E-state index contributed by atoms with van der Waals surface area (Å²) in [6.45, 7) is 4.47. The van der Waals surface area contributed by atoms with Gasteiger partial charge in [0, 0.05) is 23.3 Å². The number of fused-ring (bicyclic) bond motifs is 2. The minimum absolute atomic E-state index is 0.209. The zero-order valence-electron chi connectivity index (χ0n) is 17.1. The van der Waals surface area contributed by atoms with Crippen LogP contribution in [0.5, 0.6) is 5.75 Å². The van der Waals surface area contributed by atoms with Gasteiger partial charge in [0.15, 0.2) is 0 Å². The first-order valence-electron chi connectivity index (χ1n) is 9.94. The Bertz CT molecular complexity index is 1180. The third-order valence-corrected chi connectivity index (χ3v) is 6.44. The molecule has 5 heteroatoms. The molecule has 150 valence electrons. The summed E-state index contributed by atoms with van der Waals surface area (Å²) >= 11 is 5.92. The van der Waals surface area contributed by atoms with Crippen molar-refractivity contribution in [3.63, 3.8) is 0 Å². The Morgan fingerprint density at radius 1 is 0.900 bits per heavy atom. The van der Waals surface area contributed by atoms with Crippen LogP contribution >= 0.6 is 11.6 Å². The highest BCUT2D eigenvalue weighted by Crippen LogP contribution is 2.54. The van der Waals surface area contributed by atoms with Crippen molar-refractivity contribution in [3.8, 4) is 5.75 Å². The van der Waals surface area contributed by atoms with Crippen LogP contribution in [0.4, 0.5) is 17.1 Å². The second-order valence-electron chi connectivity index (χ2n) is 8.23. The van der Waals surface area contributed by atoms with Gasteiger partial charge in [-0.25, -0.2) is 0 Å². The van der Waals surface area contributed by atoms with E-state index in [2.05, 4.69) is 72.4 Å². The van der Waals surface area contributed by atoms with Gasteiger partial charge in [-0.05, 0) is 80.1 Å². The Morgan fingerprint density at radius 2 is 1.60 bits per heavy atom. The van der Waals surface area contributed by atoms with Crippen molar-refractivity contribution in [2.45, 2.75) is 25.0 Å². The van der Waals surface area contributed by atoms with Crippen LogP contribution in [0.25, 0.3) is 6.08 Å². The molecule has 0 fully saturated rings. The van der Waals surface area contributed by atoms with Gasteiger partial charge in [0.25, 0.3) is 0 Å². The molecule has 0 saturated heterocycles. The molecule has 5 rings (SSSR count). The van der Waals surface area contributed by atoms with Crippen molar-refractivity contribution >= 4 is 34.7 Å². The van der Waals surface area contributed by atoms with E-state index in [4.69, 9.17) is 16.3 Å². The lowest BCUT2D eigenvalue weighted by molar-refractivity contribution is 0.0582. The highest BCUT2D eigenvalue weighted by atomic mass is 35.5. The third-order valence-electron chi connectivity index (χ3n) is 6.19. The predicted molar refractivity (Wildman–Crippen MR) is 122 cm³/mol. The number of para-hydroxylation sites is 1. The Morgan fingerprint density at radius 3 is 2.37 bits per heavy atom. The van der Waals surface area contributed by atoms with Crippen molar-refractivity contribution in [3.05, 3.63) is 89.0 Å². The van der Waals surface area contributed by atoms with Crippen molar-refractivity contribution in [2.75, 3.05) is 11.9 Å². The first-order valence-corrected chi connectivity index (χ1v) is 10.3. The highest BCUT2D eigenvalue weighted by Gasteiger charge is 2.57. The molecule has 0 amide bonds. The van der Waals surface area contributed by atoms with Crippen molar-refractivity contribution in [2.24, 2.45) is 10.2 Å². The summed E-state index contributed by atoms with van der Waals surface area (Å²) in [7, 11) is 2.09. The molecule has 4 nitrogen and oxygen atoms in total. The monoisotopic (exact) mass is 415 g/mol. The maximum atomic E-state index is 6.67. The van der Waals surface area contributed by atoms with Crippen LogP contribution < -0.4 is 9.64 Å². The number of azo groups is 1. The SMILES string of the molecule is CN1c2ccccc2C(C)(C)C12C=Cc1cc(N=Nc3ccc(Cl)cc3)ccc1O2. The average Bonchev–Trinajstić information content (AvgIpc) is 2.92. The van der Waals surface area contributed by atoms with Crippen LogP contribution in [0.2, 0.25) is 5.02 Å². The van der Waals surface area contributed by atoms with E-state index in [9.17, 15) is 0 Å². The molecule has 3 aromatic rings. The van der Waals surface area contributed by atoms with Gasteiger partial charge in [-0.1, -0.05) is 29.8 Å². The number of benzene rings is 3. The number of hydrogen-bond donors (Lipinski definition) is 0. The number of anilines is 1. The van der Waals surface area contributed by atoms with E-state index in [1.165, 1.54) is 11.3 Å². The largest absolute Gasteiger partial charge is 0.463 e. The quantitative estimate of drug-likeness (QED) is 0.412. The second kappa shape index (κ2) is 6.71. The Hall–Kier alpha value is -3.11. The fourth-order valence-electron chi connectivity index (χ4n) is 4.45. The van der Waals surface area contributed by atoms with Gasteiger partial charge in [-0.2, -0.15) is 10.2 Å². The molecule has 1 unspecified atom stereocenters. The third kappa shape index (κ3) is 2.75. The summed E-state index contributed by atoms with van der Waals surface area (Å²) in [5.41, 5.74) is 4.23. The van der Waals surface area contributed by atoms with E-state index < -0.39 is 5.72 Å². The zero-order chi connectivity index (χ0) is 20.9. The second-order valence-corrected chi connectivity index (χ2v) is 8.67. The molecule has 2 aliphatic heterocycles. The number of hydrogen-bond acceptors (Lipinski definition) is 4. The first kappa shape index (κ1) is 18.9. The van der Waals surface area contributed by atoms with Gasteiger partial charge in [0.05, 0.1) is 16.8 Å². The molecule has 0 aliphatic carbocycles. The summed E-state index contributed by atoms with van der Waals surface area (Å²) in [4.78, 5) is 2.23. The lowest BCUT2D eigenvalue weighted by atomic mass is 9.76. The molecule has 0 radical (unpaired) electrons. The molecule has 0 aromatic heterocycles. The van der Waals surface area contributed by atoms with E-state index in [0.717, 1.165) is 22.7 Å².